The number of anilines is 1. The van der Waals surface area contributed by atoms with Crippen LogP contribution in [-0.2, 0) is 15.5 Å². The molecule has 0 amide bonds. The highest BCUT2D eigenvalue weighted by atomic mass is 31.2. The van der Waals surface area contributed by atoms with Crippen LogP contribution in [0, 0.1) is 0 Å². The minimum Gasteiger partial charge on any atom is -0.424 e. The Morgan fingerprint density at radius 3 is 2.52 bits per heavy atom. The second kappa shape index (κ2) is 8.20. The van der Waals surface area contributed by atoms with Crippen molar-refractivity contribution < 1.29 is 13.5 Å². The number of aromatic nitrogens is 1. The van der Waals surface area contributed by atoms with Crippen LogP contribution < -0.4 is 15.6 Å². The maximum atomic E-state index is 13.9. The van der Waals surface area contributed by atoms with Crippen LogP contribution in [0.4, 0.5) is 5.88 Å². The molecule has 1 saturated heterocycles. The van der Waals surface area contributed by atoms with Crippen LogP contribution in [0.2, 0.25) is 0 Å². The summed E-state index contributed by atoms with van der Waals surface area (Å²) in [6.45, 7) is 6.14. The van der Waals surface area contributed by atoms with Gasteiger partial charge in [0.05, 0.1) is 6.61 Å². The Hall–Kier alpha value is -1.58. The van der Waals surface area contributed by atoms with Crippen molar-refractivity contribution in [3.8, 4) is 0 Å². The summed E-state index contributed by atoms with van der Waals surface area (Å²) in [6.07, 6.45) is 5.13. The molecule has 2 aromatic rings. The fraction of sp³-hybridized carbons (Fsp3) is 0.526. The van der Waals surface area contributed by atoms with Crippen molar-refractivity contribution in [1.82, 2.24) is 4.98 Å². The van der Waals surface area contributed by atoms with E-state index < -0.39 is 7.37 Å². The molecule has 3 rings (SSSR count). The van der Waals surface area contributed by atoms with Crippen LogP contribution in [-0.4, -0.2) is 24.7 Å². The Bertz CT molecular complexity index is 724. The molecular weight excluding hydrogens is 335 g/mol. The van der Waals surface area contributed by atoms with Gasteiger partial charge in [0, 0.05) is 24.8 Å². The molecule has 2 heterocycles. The molecule has 0 N–H and O–H groups in total. The summed E-state index contributed by atoms with van der Waals surface area (Å²) in [5.74, 6) is 1.29. The highest BCUT2D eigenvalue weighted by Gasteiger charge is 2.37. The lowest BCUT2D eigenvalue weighted by Gasteiger charge is -2.28. The van der Waals surface area contributed by atoms with Gasteiger partial charge in [-0.3, -0.25) is 4.57 Å². The van der Waals surface area contributed by atoms with Gasteiger partial charge in [0.15, 0.2) is 11.3 Å². The second-order valence-electron chi connectivity index (χ2n) is 6.34. The van der Waals surface area contributed by atoms with E-state index in [4.69, 9.17) is 8.94 Å². The summed E-state index contributed by atoms with van der Waals surface area (Å²) in [6, 6.07) is 9.38. The van der Waals surface area contributed by atoms with Crippen molar-refractivity contribution in [3.63, 3.8) is 0 Å². The molecule has 1 atom stereocenters. The van der Waals surface area contributed by atoms with E-state index in [1.165, 1.54) is 6.42 Å². The molecule has 25 heavy (non-hydrogen) atoms. The molecule has 0 radical (unpaired) electrons. The maximum Gasteiger partial charge on any atom is 0.284 e. The molecular formula is C19H27N2O3P. The number of rotatable bonds is 7. The molecule has 0 saturated carbocycles. The topological polar surface area (TPSA) is 55.6 Å². The summed E-state index contributed by atoms with van der Waals surface area (Å²) in [7, 11) is -3.28. The fourth-order valence-electron chi connectivity index (χ4n) is 3.23. The zero-order chi connectivity index (χ0) is 17.7. The maximum absolute atomic E-state index is 13.9. The lowest BCUT2D eigenvalue weighted by molar-refractivity contribution is 0.347. The number of oxazole rings is 1. The minimum absolute atomic E-state index is 0.363. The first kappa shape index (κ1) is 18.2. The lowest BCUT2D eigenvalue weighted by atomic mass is 10.1. The number of aryl methyl sites for hydroxylation is 1. The Kier molecular flexibility index (Phi) is 5.98. The van der Waals surface area contributed by atoms with Crippen molar-refractivity contribution >= 4 is 24.0 Å². The van der Waals surface area contributed by atoms with Crippen molar-refractivity contribution in [1.29, 1.82) is 0 Å². The molecule has 1 aromatic heterocycles. The Labute approximate surface area is 149 Å². The van der Waals surface area contributed by atoms with Gasteiger partial charge in [-0.05, 0) is 44.7 Å². The highest BCUT2D eigenvalue weighted by molar-refractivity contribution is 7.74. The minimum atomic E-state index is -3.28. The molecule has 5 nitrogen and oxygen atoms in total. The van der Waals surface area contributed by atoms with Crippen molar-refractivity contribution in [3.05, 3.63) is 36.2 Å². The first-order chi connectivity index (χ1) is 12.2. The SMILES string of the molecule is CCCc1nc(P(=O)(OCC)c2ccccc2)c(N2CCCCC2)o1. The number of nitrogens with zero attached hydrogens (tertiary/aromatic N) is 2. The lowest BCUT2D eigenvalue weighted by Crippen LogP contribution is -2.34. The van der Waals surface area contributed by atoms with E-state index in [0.717, 1.165) is 38.8 Å². The summed E-state index contributed by atoms with van der Waals surface area (Å²) in [5, 5.41) is 0.673. The predicted octanol–water partition coefficient (Wildman–Crippen LogP) is 3.88. The average Bonchev–Trinajstić information content (AvgIpc) is 3.08. The molecule has 0 bridgehead atoms. The van der Waals surface area contributed by atoms with Crippen LogP contribution in [0.5, 0.6) is 0 Å². The molecule has 1 aliphatic heterocycles. The second-order valence-corrected chi connectivity index (χ2v) is 8.64. The van der Waals surface area contributed by atoms with Crippen LogP contribution in [0.1, 0.15) is 45.4 Å². The summed E-state index contributed by atoms with van der Waals surface area (Å²) in [5.41, 5.74) is 0.478. The zero-order valence-electron chi connectivity index (χ0n) is 15.1. The molecule has 1 aromatic carbocycles. The van der Waals surface area contributed by atoms with Crippen LogP contribution in [0.25, 0.3) is 0 Å². The van der Waals surface area contributed by atoms with Gasteiger partial charge in [0.25, 0.3) is 7.37 Å². The first-order valence-electron chi connectivity index (χ1n) is 9.24. The van der Waals surface area contributed by atoms with Gasteiger partial charge in [0.1, 0.15) is 0 Å². The third-order valence-electron chi connectivity index (χ3n) is 4.43. The van der Waals surface area contributed by atoms with Gasteiger partial charge in [-0.1, -0.05) is 25.1 Å². The number of hydrogen-bond donors (Lipinski definition) is 0. The molecule has 1 fully saturated rings. The van der Waals surface area contributed by atoms with Crippen molar-refractivity contribution in [2.75, 3.05) is 24.6 Å². The predicted molar refractivity (Wildman–Crippen MR) is 102 cm³/mol. The van der Waals surface area contributed by atoms with E-state index >= 15 is 0 Å². The monoisotopic (exact) mass is 362 g/mol. The third-order valence-corrected chi connectivity index (χ3v) is 6.88. The summed E-state index contributed by atoms with van der Waals surface area (Å²) >= 11 is 0. The highest BCUT2D eigenvalue weighted by Crippen LogP contribution is 2.47. The van der Waals surface area contributed by atoms with Gasteiger partial charge >= 0.3 is 0 Å². The zero-order valence-corrected chi connectivity index (χ0v) is 16.0. The van der Waals surface area contributed by atoms with E-state index in [9.17, 15) is 4.57 Å². The molecule has 1 unspecified atom stereocenters. The smallest absolute Gasteiger partial charge is 0.284 e. The number of benzene rings is 1. The number of hydrogen-bond acceptors (Lipinski definition) is 5. The van der Waals surface area contributed by atoms with Crippen molar-refractivity contribution in [2.45, 2.75) is 46.0 Å². The molecule has 0 aliphatic carbocycles. The third kappa shape index (κ3) is 3.83. The normalized spacial score (nSPS) is 17.4. The van der Waals surface area contributed by atoms with E-state index in [0.29, 0.717) is 29.1 Å². The van der Waals surface area contributed by atoms with E-state index in [2.05, 4.69) is 16.8 Å². The Morgan fingerprint density at radius 1 is 1.16 bits per heavy atom. The standard InChI is InChI=1S/C19H27N2O3P/c1-3-11-17-20-18(19(24-17)21-14-9-6-10-15-21)25(22,23-4-2)16-12-7-5-8-13-16/h5,7-8,12-13H,3-4,6,9-11,14-15H2,1-2H3. The first-order valence-corrected chi connectivity index (χ1v) is 10.9. The van der Waals surface area contributed by atoms with E-state index in [1.807, 2.05) is 37.3 Å². The van der Waals surface area contributed by atoms with Gasteiger partial charge < -0.3 is 13.8 Å². The molecule has 0 spiro atoms. The van der Waals surface area contributed by atoms with Crippen LogP contribution >= 0.6 is 7.37 Å². The van der Waals surface area contributed by atoms with Gasteiger partial charge in [-0.15, -0.1) is 0 Å². The largest absolute Gasteiger partial charge is 0.424 e. The van der Waals surface area contributed by atoms with E-state index in [-0.39, 0.29) is 0 Å². The van der Waals surface area contributed by atoms with Gasteiger partial charge in [-0.2, -0.15) is 0 Å². The van der Waals surface area contributed by atoms with Gasteiger partial charge in [-0.25, -0.2) is 4.98 Å². The molecule has 136 valence electrons. The summed E-state index contributed by atoms with van der Waals surface area (Å²) < 4.78 is 25.8. The van der Waals surface area contributed by atoms with Crippen molar-refractivity contribution in [2.24, 2.45) is 0 Å². The van der Waals surface area contributed by atoms with Gasteiger partial charge in [0.2, 0.25) is 5.88 Å². The van der Waals surface area contributed by atoms with Crippen LogP contribution in [0.3, 0.4) is 0 Å². The van der Waals surface area contributed by atoms with E-state index in [1.54, 1.807) is 0 Å². The number of piperidine rings is 1. The molecule has 6 heteroatoms. The summed E-state index contributed by atoms with van der Waals surface area (Å²) in [4.78, 5) is 6.83. The Balaban J connectivity index is 2.09. The quantitative estimate of drug-likeness (QED) is 0.700. The van der Waals surface area contributed by atoms with Crippen LogP contribution in [0.15, 0.2) is 34.7 Å². The Morgan fingerprint density at radius 2 is 1.88 bits per heavy atom. The molecule has 1 aliphatic rings. The fourth-order valence-corrected chi connectivity index (χ4v) is 5.35. The average molecular weight is 362 g/mol.